The van der Waals surface area contributed by atoms with Crippen molar-refractivity contribution in [1.29, 1.82) is 0 Å². The molecule has 4 atom stereocenters. The van der Waals surface area contributed by atoms with E-state index in [1.54, 1.807) is 6.42 Å². The Morgan fingerprint density at radius 1 is 1.21 bits per heavy atom. The van der Waals surface area contributed by atoms with Crippen LogP contribution >= 0.6 is 11.8 Å². The first-order valence-electron chi connectivity index (χ1n) is 8.35. The molecule has 19 heavy (non-hydrogen) atoms. The molecule has 2 aliphatic rings. The summed E-state index contributed by atoms with van der Waals surface area (Å²) in [6, 6.07) is 0.744. The van der Waals surface area contributed by atoms with Crippen LogP contribution in [0.25, 0.3) is 0 Å². The SMILES string of the molecule is CCCNC(CSC(C)(C)C)CC1CC2CCC1C2. The van der Waals surface area contributed by atoms with E-state index in [9.17, 15) is 0 Å². The van der Waals surface area contributed by atoms with E-state index in [1.165, 1.54) is 44.4 Å². The number of nitrogens with one attached hydrogen (secondary N) is 1. The molecule has 4 unspecified atom stereocenters. The third-order valence-electron chi connectivity index (χ3n) is 4.87. The minimum absolute atomic E-state index is 0.404. The fourth-order valence-corrected chi connectivity index (χ4v) is 4.90. The summed E-state index contributed by atoms with van der Waals surface area (Å²) in [5.74, 6) is 4.50. The van der Waals surface area contributed by atoms with Crippen LogP contribution < -0.4 is 5.32 Å². The van der Waals surface area contributed by atoms with Gasteiger partial charge in [-0.25, -0.2) is 0 Å². The topological polar surface area (TPSA) is 12.0 Å². The molecule has 2 fully saturated rings. The second-order valence-electron chi connectivity index (χ2n) is 7.75. The standard InChI is InChI=1S/C17H33NS/c1-5-8-18-16(12-19-17(2,3)4)11-15-10-13-6-7-14(15)9-13/h13-16,18H,5-12H2,1-4H3. The van der Waals surface area contributed by atoms with Crippen LogP contribution in [0.2, 0.25) is 0 Å². The first kappa shape index (κ1) is 15.7. The van der Waals surface area contributed by atoms with Crippen molar-refractivity contribution >= 4 is 11.8 Å². The Labute approximate surface area is 124 Å². The van der Waals surface area contributed by atoms with Crippen molar-refractivity contribution in [2.75, 3.05) is 12.3 Å². The molecule has 1 N–H and O–H groups in total. The Balaban J connectivity index is 1.79. The number of thioether (sulfide) groups is 1. The van der Waals surface area contributed by atoms with E-state index in [-0.39, 0.29) is 0 Å². The highest BCUT2D eigenvalue weighted by molar-refractivity contribution is 8.00. The predicted molar refractivity (Wildman–Crippen MR) is 87.8 cm³/mol. The first-order chi connectivity index (χ1) is 8.98. The molecule has 0 saturated heterocycles. The molecule has 2 rings (SSSR count). The van der Waals surface area contributed by atoms with Crippen molar-refractivity contribution < 1.29 is 0 Å². The molecule has 0 aromatic carbocycles. The molecule has 0 heterocycles. The second-order valence-corrected chi connectivity index (χ2v) is 9.59. The highest BCUT2D eigenvalue weighted by Gasteiger charge is 2.40. The lowest BCUT2D eigenvalue weighted by Gasteiger charge is -2.29. The van der Waals surface area contributed by atoms with Gasteiger partial charge in [0.2, 0.25) is 0 Å². The number of fused-ring (bicyclic) bond motifs is 2. The van der Waals surface area contributed by atoms with Gasteiger partial charge in [0, 0.05) is 16.5 Å². The number of rotatable bonds is 7. The molecular weight excluding hydrogens is 250 g/mol. The molecular formula is C17H33NS. The number of hydrogen-bond acceptors (Lipinski definition) is 2. The lowest BCUT2D eigenvalue weighted by molar-refractivity contribution is 0.286. The zero-order chi connectivity index (χ0) is 13.9. The van der Waals surface area contributed by atoms with Crippen LogP contribution in [0.3, 0.4) is 0 Å². The average Bonchev–Trinajstić information content (AvgIpc) is 2.93. The lowest BCUT2D eigenvalue weighted by atomic mass is 9.84. The van der Waals surface area contributed by atoms with Crippen LogP contribution in [-0.4, -0.2) is 23.1 Å². The summed E-state index contributed by atoms with van der Waals surface area (Å²) in [4.78, 5) is 0. The van der Waals surface area contributed by atoms with E-state index in [4.69, 9.17) is 0 Å². The smallest absolute Gasteiger partial charge is 0.0161 e. The normalized spacial score (nSPS) is 31.9. The van der Waals surface area contributed by atoms with Gasteiger partial charge in [-0.15, -0.1) is 0 Å². The lowest BCUT2D eigenvalue weighted by Crippen LogP contribution is -2.36. The fraction of sp³-hybridized carbons (Fsp3) is 1.00. The monoisotopic (exact) mass is 283 g/mol. The van der Waals surface area contributed by atoms with Gasteiger partial charge in [-0.2, -0.15) is 11.8 Å². The van der Waals surface area contributed by atoms with Crippen molar-refractivity contribution in [3.8, 4) is 0 Å². The van der Waals surface area contributed by atoms with Crippen LogP contribution in [0.15, 0.2) is 0 Å². The third kappa shape index (κ3) is 4.97. The Morgan fingerprint density at radius 2 is 2.00 bits per heavy atom. The van der Waals surface area contributed by atoms with Crippen molar-refractivity contribution in [3.05, 3.63) is 0 Å². The number of hydrogen-bond donors (Lipinski definition) is 1. The zero-order valence-electron chi connectivity index (χ0n) is 13.4. The summed E-state index contributed by atoms with van der Waals surface area (Å²) in [5.41, 5.74) is 0. The Kier molecular flexibility index (Phi) is 5.65. The largest absolute Gasteiger partial charge is 0.313 e. The molecule has 2 aliphatic carbocycles. The first-order valence-corrected chi connectivity index (χ1v) is 9.34. The predicted octanol–water partition coefficient (Wildman–Crippen LogP) is 4.71. The molecule has 2 saturated carbocycles. The van der Waals surface area contributed by atoms with Crippen molar-refractivity contribution in [1.82, 2.24) is 5.32 Å². The van der Waals surface area contributed by atoms with Crippen LogP contribution in [0, 0.1) is 17.8 Å². The summed E-state index contributed by atoms with van der Waals surface area (Å²) in [5, 5.41) is 3.81. The fourth-order valence-electron chi connectivity index (χ4n) is 3.94. The molecule has 1 nitrogen and oxygen atoms in total. The van der Waals surface area contributed by atoms with Crippen LogP contribution in [0.5, 0.6) is 0 Å². The third-order valence-corrected chi connectivity index (χ3v) is 6.31. The van der Waals surface area contributed by atoms with Crippen molar-refractivity contribution in [2.24, 2.45) is 17.8 Å². The highest BCUT2D eigenvalue weighted by atomic mass is 32.2. The Morgan fingerprint density at radius 3 is 2.53 bits per heavy atom. The van der Waals surface area contributed by atoms with Gasteiger partial charge < -0.3 is 5.32 Å². The minimum atomic E-state index is 0.404. The Hall–Kier alpha value is 0.310. The minimum Gasteiger partial charge on any atom is -0.313 e. The van der Waals surface area contributed by atoms with Gasteiger partial charge in [0.25, 0.3) is 0 Å². The van der Waals surface area contributed by atoms with E-state index in [2.05, 4.69) is 44.8 Å². The molecule has 0 radical (unpaired) electrons. The highest BCUT2D eigenvalue weighted by Crippen LogP contribution is 2.50. The van der Waals surface area contributed by atoms with Crippen LogP contribution in [0.1, 0.15) is 66.2 Å². The summed E-state index contributed by atoms with van der Waals surface area (Å²) in [6.45, 7) is 10.5. The van der Waals surface area contributed by atoms with Gasteiger partial charge in [0.05, 0.1) is 0 Å². The average molecular weight is 284 g/mol. The molecule has 0 amide bonds. The quantitative estimate of drug-likeness (QED) is 0.726. The maximum Gasteiger partial charge on any atom is 0.0161 e. The molecule has 0 aromatic heterocycles. The Bertz CT molecular complexity index is 271. The zero-order valence-corrected chi connectivity index (χ0v) is 14.2. The summed E-state index contributed by atoms with van der Waals surface area (Å²) in [6.07, 6.45) is 8.84. The molecule has 2 heteroatoms. The van der Waals surface area contributed by atoms with Gasteiger partial charge in [-0.05, 0) is 56.4 Å². The van der Waals surface area contributed by atoms with Crippen LogP contribution in [0.4, 0.5) is 0 Å². The molecule has 0 aliphatic heterocycles. The molecule has 2 bridgehead atoms. The van der Waals surface area contributed by atoms with E-state index in [0.29, 0.717) is 4.75 Å². The summed E-state index contributed by atoms with van der Waals surface area (Å²) < 4.78 is 0.404. The van der Waals surface area contributed by atoms with Crippen molar-refractivity contribution in [2.45, 2.75) is 77.0 Å². The molecule has 112 valence electrons. The maximum atomic E-state index is 3.81. The van der Waals surface area contributed by atoms with Gasteiger partial charge in [-0.3, -0.25) is 0 Å². The van der Waals surface area contributed by atoms with Gasteiger partial charge in [0.1, 0.15) is 0 Å². The van der Waals surface area contributed by atoms with E-state index < -0.39 is 0 Å². The van der Waals surface area contributed by atoms with Crippen molar-refractivity contribution in [3.63, 3.8) is 0 Å². The summed E-state index contributed by atoms with van der Waals surface area (Å²) in [7, 11) is 0. The van der Waals surface area contributed by atoms with Gasteiger partial charge in [-0.1, -0.05) is 34.1 Å². The van der Waals surface area contributed by atoms with E-state index in [1.807, 2.05) is 0 Å². The maximum absolute atomic E-state index is 3.81. The van der Waals surface area contributed by atoms with Gasteiger partial charge in [0.15, 0.2) is 0 Å². The van der Waals surface area contributed by atoms with Crippen LogP contribution in [-0.2, 0) is 0 Å². The molecule has 0 aromatic rings. The summed E-state index contributed by atoms with van der Waals surface area (Å²) >= 11 is 2.13. The molecule has 0 spiro atoms. The van der Waals surface area contributed by atoms with E-state index in [0.717, 1.165) is 23.8 Å². The second kappa shape index (κ2) is 6.85. The van der Waals surface area contributed by atoms with E-state index >= 15 is 0 Å². The van der Waals surface area contributed by atoms with Gasteiger partial charge >= 0.3 is 0 Å².